The number of aromatic nitrogens is 2. The lowest BCUT2D eigenvalue weighted by molar-refractivity contribution is 0.188. The fraction of sp³-hybridized carbons (Fsp3) is 0.529. The van der Waals surface area contributed by atoms with Crippen molar-refractivity contribution >= 4 is 17.4 Å². The van der Waals surface area contributed by atoms with Gasteiger partial charge in [0.1, 0.15) is 0 Å². The second-order valence-corrected chi connectivity index (χ2v) is 7.15. The summed E-state index contributed by atoms with van der Waals surface area (Å²) in [7, 11) is 1.94. The van der Waals surface area contributed by atoms with Crippen LogP contribution in [0.25, 0.3) is 0 Å². The van der Waals surface area contributed by atoms with Gasteiger partial charge in [0.15, 0.2) is 0 Å². The lowest BCUT2D eigenvalue weighted by atomic mass is 10.1. The van der Waals surface area contributed by atoms with Crippen molar-refractivity contribution in [3.63, 3.8) is 0 Å². The molecule has 2 amide bonds. The molecule has 0 aromatic carbocycles. The number of thiophene rings is 1. The van der Waals surface area contributed by atoms with Gasteiger partial charge in [0.05, 0.1) is 11.7 Å². The maximum atomic E-state index is 12.8. The largest absolute Gasteiger partial charge is 0.331 e. The molecule has 2 aromatic rings. The number of rotatable bonds is 5. The van der Waals surface area contributed by atoms with Crippen molar-refractivity contribution in [2.24, 2.45) is 7.05 Å². The minimum Gasteiger partial charge on any atom is -0.331 e. The molecule has 1 saturated carbocycles. The number of carbonyl (C=O) groups excluding carboxylic acids is 1. The SMILES string of the molecule is Cc1nn(C)c(C)c1C(C)NC(=O)N(Cc1ccsc1)C1CC1. The van der Waals surface area contributed by atoms with Crippen LogP contribution in [0.4, 0.5) is 4.79 Å². The van der Waals surface area contributed by atoms with Crippen molar-refractivity contribution in [1.82, 2.24) is 20.0 Å². The van der Waals surface area contributed by atoms with Crippen LogP contribution in [0.5, 0.6) is 0 Å². The zero-order valence-electron chi connectivity index (χ0n) is 14.2. The third kappa shape index (κ3) is 3.42. The lowest BCUT2D eigenvalue weighted by Crippen LogP contribution is -2.42. The van der Waals surface area contributed by atoms with Crippen molar-refractivity contribution in [2.75, 3.05) is 0 Å². The second-order valence-electron chi connectivity index (χ2n) is 6.37. The summed E-state index contributed by atoms with van der Waals surface area (Å²) in [5.41, 5.74) is 4.41. The predicted octanol–water partition coefficient (Wildman–Crippen LogP) is 3.53. The van der Waals surface area contributed by atoms with E-state index in [2.05, 4.69) is 27.2 Å². The van der Waals surface area contributed by atoms with Crippen LogP contribution in [-0.4, -0.2) is 26.8 Å². The highest BCUT2D eigenvalue weighted by atomic mass is 32.1. The molecule has 1 aliphatic rings. The summed E-state index contributed by atoms with van der Waals surface area (Å²) in [6, 6.07) is 2.46. The van der Waals surface area contributed by atoms with Crippen LogP contribution in [0.15, 0.2) is 16.8 Å². The molecule has 23 heavy (non-hydrogen) atoms. The fourth-order valence-corrected chi connectivity index (χ4v) is 3.75. The molecule has 0 saturated heterocycles. The van der Waals surface area contributed by atoms with Crippen LogP contribution in [0.2, 0.25) is 0 Å². The number of carbonyl (C=O) groups is 1. The molecule has 1 fully saturated rings. The average Bonchev–Trinajstić information content (AvgIpc) is 3.13. The summed E-state index contributed by atoms with van der Waals surface area (Å²) in [6.45, 7) is 6.76. The van der Waals surface area contributed by atoms with E-state index in [0.717, 1.165) is 29.8 Å². The summed E-state index contributed by atoms with van der Waals surface area (Å²) < 4.78 is 1.87. The quantitative estimate of drug-likeness (QED) is 0.910. The first kappa shape index (κ1) is 16.1. The van der Waals surface area contributed by atoms with Crippen LogP contribution in [-0.2, 0) is 13.6 Å². The highest BCUT2D eigenvalue weighted by molar-refractivity contribution is 7.07. The number of hydrogen-bond donors (Lipinski definition) is 1. The Kier molecular flexibility index (Phi) is 4.43. The maximum Gasteiger partial charge on any atom is 0.318 e. The van der Waals surface area contributed by atoms with E-state index in [4.69, 9.17) is 0 Å². The smallest absolute Gasteiger partial charge is 0.318 e. The molecule has 1 atom stereocenters. The van der Waals surface area contributed by atoms with Crippen molar-refractivity contribution in [2.45, 2.75) is 52.2 Å². The topological polar surface area (TPSA) is 50.2 Å². The van der Waals surface area contributed by atoms with Gasteiger partial charge in [-0.05, 0) is 56.0 Å². The molecule has 124 valence electrons. The molecule has 0 bridgehead atoms. The minimum atomic E-state index is -0.0417. The number of aryl methyl sites for hydroxylation is 2. The van der Waals surface area contributed by atoms with E-state index in [9.17, 15) is 4.79 Å². The Morgan fingerprint density at radius 1 is 1.52 bits per heavy atom. The van der Waals surface area contributed by atoms with Crippen molar-refractivity contribution in [3.05, 3.63) is 39.3 Å². The number of nitrogens with one attached hydrogen (secondary N) is 1. The molecular weight excluding hydrogens is 308 g/mol. The Morgan fingerprint density at radius 2 is 2.26 bits per heavy atom. The maximum absolute atomic E-state index is 12.8. The number of nitrogens with zero attached hydrogens (tertiary/aromatic N) is 3. The van der Waals surface area contributed by atoms with Crippen LogP contribution >= 0.6 is 11.3 Å². The van der Waals surface area contributed by atoms with Gasteiger partial charge in [-0.15, -0.1) is 0 Å². The van der Waals surface area contributed by atoms with Gasteiger partial charge in [-0.25, -0.2) is 4.79 Å². The minimum absolute atomic E-state index is 0.0221. The third-order valence-electron chi connectivity index (χ3n) is 4.52. The summed E-state index contributed by atoms with van der Waals surface area (Å²) in [5.74, 6) is 0. The molecule has 0 radical (unpaired) electrons. The summed E-state index contributed by atoms with van der Waals surface area (Å²) in [4.78, 5) is 14.7. The van der Waals surface area contributed by atoms with E-state index in [1.165, 1.54) is 5.56 Å². The first-order chi connectivity index (χ1) is 11.0. The van der Waals surface area contributed by atoms with E-state index in [1.54, 1.807) is 11.3 Å². The molecule has 5 nitrogen and oxygen atoms in total. The summed E-state index contributed by atoms with van der Waals surface area (Å²) >= 11 is 1.67. The average molecular weight is 332 g/mol. The molecule has 2 aromatic heterocycles. The Morgan fingerprint density at radius 3 is 2.78 bits per heavy atom. The van der Waals surface area contributed by atoms with E-state index in [-0.39, 0.29) is 12.1 Å². The van der Waals surface area contributed by atoms with E-state index >= 15 is 0 Å². The second kappa shape index (κ2) is 6.35. The Hall–Kier alpha value is -1.82. The first-order valence-electron chi connectivity index (χ1n) is 8.05. The zero-order chi connectivity index (χ0) is 16.6. The van der Waals surface area contributed by atoms with Gasteiger partial charge in [-0.3, -0.25) is 4.68 Å². The van der Waals surface area contributed by atoms with E-state index in [1.807, 2.05) is 37.4 Å². The number of hydrogen-bond acceptors (Lipinski definition) is 3. The standard InChI is InChI=1S/C17H24N4OS/c1-11(16-12(2)19-20(4)13(16)3)18-17(22)21(15-5-6-15)9-14-7-8-23-10-14/h7-8,10-11,15H,5-6,9H2,1-4H3,(H,18,22). The van der Waals surface area contributed by atoms with Gasteiger partial charge in [0.2, 0.25) is 0 Å². The lowest BCUT2D eigenvalue weighted by Gasteiger charge is -2.25. The Labute approximate surface area is 141 Å². The van der Waals surface area contributed by atoms with Crippen LogP contribution < -0.4 is 5.32 Å². The van der Waals surface area contributed by atoms with Crippen LogP contribution in [0.1, 0.15) is 48.3 Å². The molecule has 0 aliphatic heterocycles. The predicted molar refractivity (Wildman–Crippen MR) is 92.5 cm³/mol. The molecule has 2 heterocycles. The molecule has 1 aliphatic carbocycles. The van der Waals surface area contributed by atoms with Gasteiger partial charge in [-0.1, -0.05) is 0 Å². The van der Waals surface area contributed by atoms with E-state index in [0.29, 0.717) is 12.6 Å². The van der Waals surface area contributed by atoms with Gasteiger partial charge >= 0.3 is 6.03 Å². The number of urea groups is 1. The highest BCUT2D eigenvalue weighted by Gasteiger charge is 2.33. The Balaban J connectivity index is 1.71. The van der Waals surface area contributed by atoms with Gasteiger partial charge in [0, 0.05) is 30.9 Å². The monoisotopic (exact) mass is 332 g/mol. The fourth-order valence-electron chi connectivity index (χ4n) is 3.09. The van der Waals surface area contributed by atoms with Gasteiger partial charge in [0.25, 0.3) is 0 Å². The number of amides is 2. The van der Waals surface area contributed by atoms with E-state index < -0.39 is 0 Å². The third-order valence-corrected chi connectivity index (χ3v) is 5.25. The molecule has 3 rings (SSSR count). The molecule has 1 N–H and O–H groups in total. The Bertz CT molecular complexity index is 688. The molecule has 0 spiro atoms. The van der Waals surface area contributed by atoms with Gasteiger partial charge in [-0.2, -0.15) is 16.4 Å². The van der Waals surface area contributed by atoms with Crippen molar-refractivity contribution in [3.8, 4) is 0 Å². The van der Waals surface area contributed by atoms with Crippen molar-refractivity contribution < 1.29 is 4.79 Å². The first-order valence-corrected chi connectivity index (χ1v) is 9.00. The zero-order valence-corrected chi connectivity index (χ0v) is 15.0. The molecule has 1 unspecified atom stereocenters. The summed E-state index contributed by atoms with van der Waals surface area (Å²) in [5, 5.41) is 11.8. The van der Waals surface area contributed by atoms with Crippen molar-refractivity contribution in [1.29, 1.82) is 0 Å². The van der Waals surface area contributed by atoms with Gasteiger partial charge < -0.3 is 10.2 Å². The molecular formula is C17H24N4OS. The molecule has 6 heteroatoms. The summed E-state index contributed by atoms with van der Waals surface area (Å²) in [6.07, 6.45) is 2.22. The normalized spacial score (nSPS) is 15.5. The van der Waals surface area contributed by atoms with Crippen LogP contribution in [0.3, 0.4) is 0 Å². The van der Waals surface area contributed by atoms with Crippen LogP contribution in [0, 0.1) is 13.8 Å². The highest BCUT2D eigenvalue weighted by Crippen LogP contribution is 2.29.